The zero-order valence-corrected chi connectivity index (χ0v) is 21.8. The molecule has 2 unspecified atom stereocenters. The van der Waals surface area contributed by atoms with Gasteiger partial charge in [-0.15, -0.1) is 11.3 Å². The van der Waals surface area contributed by atoms with Crippen molar-refractivity contribution in [3.05, 3.63) is 70.2 Å². The molecule has 4 N–H and O–H groups in total. The Morgan fingerprint density at radius 3 is 2.69 bits per heavy atom. The molecule has 0 radical (unpaired) electrons. The first kappa shape index (κ1) is 26.9. The Hall–Kier alpha value is -2.68. The van der Waals surface area contributed by atoms with Crippen LogP contribution >= 0.6 is 30.5 Å². The maximum atomic E-state index is 13.3. The van der Waals surface area contributed by atoms with Gasteiger partial charge in [0.1, 0.15) is 0 Å². The van der Waals surface area contributed by atoms with Gasteiger partial charge in [-0.1, -0.05) is 23.7 Å². The van der Waals surface area contributed by atoms with Crippen LogP contribution in [-0.2, 0) is 23.4 Å². The molecular formula is C24H26ClN2O6PS. The highest BCUT2D eigenvalue weighted by molar-refractivity contribution is 7.54. The number of carbonyl (C=O) groups excluding carboxylic acids is 2. The molecule has 0 fully saturated rings. The van der Waals surface area contributed by atoms with Crippen LogP contribution in [0.3, 0.4) is 0 Å². The van der Waals surface area contributed by atoms with Gasteiger partial charge in [-0.05, 0) is 79.1 Å². The number of hydrogen-bond acceptors (Lipinski definition) is 7. The Labute approximate surface area is 212 Å². The van der Waals surface area contributed by atoms with Gasteiger partial charge in [0.15, 0.2) is 5.66 Å². The first-order valence-corrected chi connectivity index (χ1v) is 13.4. The average Bonchev–Trinajstić information content (AvgIpc) is 3.15. The number of rotatable bonds is 8. The molecule has 1 aromatic heterocycles. The lowest BCUT2D eigenvalue weighted by molar-refractivity contribution is -0.159. The predicted octanol–water partition coefficient (Wildman–Crippen LogP) is 5.71. The largest absolute Gasteiger partial charge is 0.438 e. The fraction of sp³-hybridized carbons (Fsp3) is 0.250. The molecule has 2 atom stereocenters. The Bertz CT molecular complexity index is 1320. The lowest BCUT2D eigenvalue weighted by atomic mass is 9.98. The van der Waals surface area contributed by atoms with Crippen LogP contribution in [0.4, 0.5) is 5.69 Å². The topological polar surface area (TPSA) is 128 Å². The van der Waals surface area contributed by atoms with Gasteiger partial charge >= 0.3 is 13.6 Å². The van der Waals surface area contributed by atoms with E-state index in [-0.39, 0.29) is 5.56 Å². The third kappa shape index (κ3) is 6.93. The van der Waals surface area contributed by atoms with Crippen LogP contribution in [0.15, 0.2) is 54.0 Å². The van der Waals surface area contributed by atoms with E-state index in [2.05, 4.69) is 5.32 Å². The van der Waals surface area contributed by atoms with Gasteiger partial charge in [0.2, 0.25) is 12.7 Å². The first-order chi connectivity index (χ1) is 16.4. The lowest BCUT2D eigenvalue weighted by Gasteiger charge is -2.22. The van der Waals surface area contributed by atoms with Crippen molar-refractivity contribution < 1.29 is 28.3 Å². The van der Waals surface area contributed by atoms with Crippen molar-refractivity contribution >= 4 is 64.3 Å². The number of benzene rings is 2. The van der Waals surface area contributed by atoms with Gasteiger partial charge in [0, 0.05) is 21.6 Å². The molecule has 1 heterocycles. The van der Waals surface area contributed by atoms with Gasteiger partial charge in [-0.2, -0.15) is 0 Å². The van der Waals surface area contributed by atoms with Crippen molar-refractivity contribution in [2.75, 3.05) is 12.5 Å². The lowest BCUT2D eigenvalue weighted by Crippen LogP contribution is -2.27. The second-order valence-electron chi connectivity index (χ2n) is 8.74. The fourth-order valence-corrected chi connectivity index (χ4v) is 5.64. The van der Waals surface area contributed by atoms with Crippen LogP contribution in [0.1, 0.15) is 37.6 Å². The summed E-state index contributed by atoms with van der Waals surface area (Å²) in [5, 5.41) is 5.11. The van der Waals surface area contributed by atoms with Gasteiger partial charge < -0.3 is 20.7 Å². The normalized spacial score (nSPS) is 14.5. The number of thiophene rings is 1. The summed E-state index contributed by atoms with van der Waals surface area (Å²) in [5.74, 6) is -1.39. The number of esters is 1. The van der Waals surface area contributed by atoms with E-state index in [9.17, 15) is 19.0 Å². The van der Waals surface area contributed by atoms with E-state index >= 15 is 0 Å². The number of ether oxygens (including phenoxy) is 1. The summed E-state index contributed by atoms with van der Waals surface area (Å²) in [7, 11) is -4.68. The number of nitrogen functional groups attached to an aromatic ring is 1. The highest BCUT2D eigenvalue weighted by Gasteiger charge is 2.42. The third-order valence-electron chi connectivity index (χ3n) is 4.89. The van der Waals surface area contributed by atoms with Crippen LogP contribution in [0, 0.1) is 5.41 Å². The molecule has 0 aliphatic carbocycles. The summed E-state index contributed by atoms with van der Waals surface area (Å²) in [4.78, 5) is 36.0. The van der Waals surface area contributed by atoms with Crippen molar-refractivity contribution in [3.8, 4) is 0 Å². The number of amides is 1. The van der Waals surface area contributed by atoms with E-state index in [0.29, 0.717) is 16.1 Å². The van der Waals surface area contributed by atoms with Crippen LogP contribution in [0.5, 0.6) is 0 Å². The SMILES string of the molecule is CC(C)(C)C(=O)OCOP(=O)(O)C(C(=O)N/C=C/c1cccc(N)c1)c1csc2ccc(Cl)cc12. The van der Waals surface area contributed by atoms with Gasteiger partial charge in [-0.3, -0.25) is 18.7 Å². The molecule has 0 saturated heterocycles. The number of anilines is 1. The van der Waals surface area contributed by atoms with Crippen LogP contribution in [0.2, 0.25) is 5.02 Å². The van der Waals surface area contributed by atoms with E-state index in [1.165, 1.54) is 17.5 Å². The first-order valence-electron chi connectivity index (χ1n) is 10.5. The minimum absolute atomic E-state index is 0.273. The summed E-state index contributed by atoms with van der Waals surface area (Å²) in [6.07, 6.45) is 2.95. The minimum Gasteiger partial charge on any atom is -0.438 e. The number of halogens is 1. The van der Waals surface area contributed by atoms with E-state index < -0.39 is 37.3 Å². The molecule has 0 aliphatic rings. The molecule has 0 aliphatic heterocycles. The van der Waals surface area contributed by atoms with Crippen molar-refractivity contribution in [3.63, 3.8) is 0 Å². The van der Waals surface area contributed by atoms with E-state index in [1.807, 2.05) is 0 Å². The minimum atomic E-state index is -4.68. The standard InChI is InChI=1S/C24H26ClN2O6PS/c1-24(2,3)23(29)32-14-33-34(30,31)21(19-13-35-20-8-7-16(25)12-18(19)20)22(28)27-10-9-15-5-4-6-17(26)11-15/h4-13,21H,14,26H2,1-3H3,(H,27,28)(H,30,31)/b10-9+. The number of nitrogens with two attached hydrogens (primary N) is 1. The molecule has 0 saturated carbocycles. The maximum Gasteiger partial charge on any atom is 0.347 e. The number of fused-ring (bicyclic) bond motifs is 1. The van der Waals surface area contributed by atoms with Crippen LogP contribution in [0.25, 0.3) is 16.2 Å². The average molecular weight is 537 g/mol. The summed E-state index contributed by atoms with van der Waals surface area (Å²) in [5.41, 5.74) is 4.89. The molecule has 8 nitrogen and oxygen atoms in total. The second-order valence-corrected chi connectivity index (χ2v) is 12.0. The molecule has 11 heteroatoms. The molecule has 1 amide bonds. The van der Waals surface area contributed by atoms with Gasteiger partial charge in [-0.25, -0.2) is 0 Å². The van der Waals surface area contributed by atoms with Gasteiger partial charge in [0.25, 0.3) is 0 Å². The number of hydrogen-bond donors (Lipinski definition) is 3. The quantitative estimate of drug-likeness (QED) is 0.145. The molecule has 3 aromatic rings. The number of carbonyl (C=O) groups is 2. The smallest absolute Gasteiger partial charge is 0.347 e. The molecule has 2 aromatic carbocycles. The Kier molecular flexibility index (Phi) is 8.41. The summed E-state index contributed by atoms with van der Waals surface area (Å²) >= 11 is 7.43. The van der Waals surface area contributed by atoms with Crippen molar-refractivity contribution in [1.82, 2.24) is 5.32 Å². The van der Waals surface area contributed by atoms with Crippen LogP contribution in [-0.4, -0.2) is 23.6 Å². The Morgan fingerprint density at radius 1 is 1.26 bits per heavy atom. The van der Waals surface area contributed by atoms with Crippen molar-refractivity contribution in [1.29, 1.82) is 0 Å². The molecule has 0 spiro atoms. The molecule has 186 valence electrons. The zero-order valence-electron chi connectivity index (χ0n) is 19.4. The Morgan fingerprint density at radius 2 is 2.00 bits per heavy atom. The Balaban J connectivity index is 1.89. The molecule has 3 rings (SSSR count). The van der Waals surface area contributed by atoms with Crippen molar-refractivity contribution in [2.24, 2.45) is 5.41 Å². The maximum absolute atomic E-state index is 13.3. The van der Waals surface area contributed by atoms with Crippen molar-refractivity contribution in [2.45, 2.75) is 26.4 Å². The monoisotopic (exact) mass is 536 g/mol. The third-order valence-corrected chi connectivity index (χ3v) is 7.74. The summed E-state index contributed by atoms with van der Waals surface area (Å²) < 4.78 is 24.2. The summed E-state index contributed by atoms with van der Waals surface area (Å²) in [6, 6.07) is 12.0. The molecular weight excluding hydrogens is 511 g/mol. The predicted molar refractivity (Wildman–Crippen MR) is 139 cm³/mol. The second kappa shape index (κ2) is 10.9. The van der Waals surface area contributed by atoms with E-state index in [0.717, 1.165) is 10.3 Å². The van der Waals surface area contributed by atoms with Crippen LogP contribution < -0.4 is 11.1 Å². The zero-order chi connectivity index (χ0) is 25.8. The fourth-order valence-electron chi connectivity index (χ4n) is 3.11. The number of nitrogens with one attached hydrogen (secondary N) is 1. The van der Waals surface area contributed by atoms with E-state index in [4.69, 9.17) is 26.6 Å². The highest BCUT2D eigenvalue weighted by Crippen LogP contribution is 2.58. The highest BCUT2D eigenvalue weighted by atomic mass is 35.5. The van der Waals surface area contributed by atoms with Gasteiger partial charge in [0.05, 0.1) is 5.41 Å². The molecule has 0 bridgehead atoms. The van der Waals surface area contributed by atoms with E-state index in [1.54, 1.807) is 74.7 Å². The molecule has 35 heavy (non-hydrogen) atoms. The summed E-state index contributed by atoms with van der Waals surface area (Å²) in [6.45, 7) is 4.13.